The Morgan fingerprint density at radius 2 is 1.83 bits per heavy atom. The number of hydrogen-bond acceptors (Lipinski definition) is 5. The largest absolute Gasteiger partial charge is 0.489 e. The van der Waals surface area contributed by atoms with Crippen molar-refractivity contribution in [2.45, 2.75) is 32.0 Å². The lowest BCUT2D eigenvalue weighted by Crippen LogP contribution is -2.26. The predicted molar refractivity (Wildman–Crippen MR) is 112 cm³/mol. The molecular formula is C24H22N2O4. The summed E-state index contributed by atoms with van der Waals surface area (Å²) >= 11 is 0. The quantitative estimate of drug-likeness (QED) is 0.670. The van der Waals surface area contributed by atoms with E-state index in [-0.39, 0.29) is 11.9 Å². The predicted octanol–water partition coefficient (Wildman–Crippen LogP) is 4.09. The highest BCUT2D eigenvalue weighted by Gasteiger charge is 2.26. The van der Waals surface area contributed by atoms with Crippen LogP contribution in [0, 0.1) is 0 Å². The van der Waals surface area contributed by atoms with Gasteiger partial charge in [0.15, 0.2) is 5.78 Å². The number of Topliss-reactive ketones (excluding diaryl/α,β-unsaturated/α-hetero) is 1. The second-order valence-electron chi connectivity index (χ2n) is 7.20. The van der Waals surface area contributed by atoms with Crippen LogP contribution in [0.2, 0.25) is 0 Å². The van der Waals surface area contributed by atoms with Crippen molar-refractivity contribution >= 4 is 11.7 Å². The van der Waals surface area contributed by atoms with E-state index in [0.29, 0.717) is 29.0 Å². The Morgan fingerprint density at radius 3 is 2.50 bits per heavy atom. The van der Waals surface area contributed by atoms with Gasteiger partial charge in [0.25, 0.3) is 0 Å². The fourth-order valence-electron chi connectivity index (χ4n) is 3.49. The Kier molecular flexibility index (Phi) is 5.48. The van der Waals surface area contributed by atoms with Crippen molar-refractivity contribution in [1.29, 1.82) is 0 Å². The van der Waals surface area contributed by atoms with Crippen LogP contribution in [0.15, 0.2) is 67.0 Å². The normalized spacial score (nSPS) is 16.3. The van der Waals surface area contributed by atoms with Gasteiger partial charge in [-0.05, 0) is 53.9 Å². The van der Waals surface area contributed by atoms with E-state index < -0.39 is 12.0 Å². The molecular weight excluding hydrogens is 380 g/mol. The number of carbonyl (C=O) groups is 2. The van der Waals surface area contributed by atoms with Crippen molar-refractivity contribution in [3.63, 3.8) is 0 Å². The molecule has 3 aromatic rings. The number of rotatable bonds is 6. The minimum atomic E-state index is -0.482. The van der Waals surface area contributed by atoms with E-state index in [1.54, 1.807) is 42.7 Å². The molecule has 1 aliphatic heterocycles. The number of carbonyl (C=O) groups excluding carboxylic acids is 2. The first-order valence-corrected chi connectivity index (χ1v) is 9.85. The molecule has 2 atom stereocenters. The van der Waals surface area contributed by atoms with E-state index in [0.717, 1.165) is 17.5 Å². The van der Waals surface area contributed by atoms with Crippen LogP contribution < -0.4 is 15.2 Å². The summed E-state index contributed by atoms with van der Waals surface area (Å²) in [7, 11) is 0. The second-order valence-corrected chi connectivity index (χ2v) is 7.20. The number of nitrogens with two attached hydrogens (primary N) is 1. The van der Waals surface area contributed by atoms with Gasteiger partial charge < -0.3 is 15.2 Å². The lowest BCUT2D eigenvalue weighted by Gasteiger charge is -2.26. The molecule has 0 radical (unpaired) electrons. The Hall–Kier alpha value is -3.67. The van der Waals surface area contributed by atoms with Crippen molar-refractivity contribution in [1.82, 2.24) is 4.98 Å². The zero-order chi connectivity index (χ0) is 21.1. The highest BCUT2D eigenvalue weighted by atomic mass is 16.5. The molecule has 0 saturated heterocycles. The molecule has 152 valence electrons. The lowest BCUT2D eigenvalue weighted by molar-refractivity contribution is 0.0844. The van der Waals surface area contributed by atoms with E-state index in [2.05, 4.69) is 4.98 Å². The molecule has 0 unspecified atom stereocenters. The molecule has 2 N–H and O–H groups in total. The van der Waals surface area contributed by atoms with E-state index in [9.17, 15) is 9.59 Å². The van der Waals surface area contributed by atoms with Crippen LogP contribution in [0.25, 0.3) is 0 Å². The number of ketones is 1. The SMILES string of the molecule is CC[C@@H]1CC(=O)c2ccc(O[C@H](c3ccncc3)c3ccc(C(N)=O)cc3)cc2O1. The molecule has 1 aromatic heterocycles. The van der Waals surface area contributed by atoms with Crippen molar-refractivity contribution in [3.05, 3.63) is 89.2 Å². The number of primary amides is 1. The molecule has 0 saturated carbocycles. The third-order valence-corrected chi connectivity index (χ3v) is 5.18. The van der Waals surface area contributed by atoms with Crippen LogP contribution in [-0.4, -0.2) is 22.8 Å². The van der Waals surface area contributed by atoms with Gasteiger partial charge in [-0.3, -0.25) is 14.6 Å². The molecule has 6 heteroatoms. The van der Waals surface area contributed by atoms with Gasteiger partial charge in [-0.25, -0.2) is 0 Å². The number of nitrogens with zero attached hydrogens (tertiary/aromatic N) is 1. The van der Waals surface area contributed by atoms with Crippen LogP contribution in [0.1, 0.15) is 57.7 Å². The van der Waals surface area contributed by atoms with E-state index in [4.69, 9.17) is 15.2 Å². The summed E-state index contributed by atoms with van der Waals surface area (Å²) in [5.41, 5.74) is 8.12. The van der Waals surface area contributed by atoms with Crippen molar-refractivity contribution < 1.29 is 19.1 Å². The molecule has 4 rings (SSSR count). The maximum atomic E-state index is 12.4. The maximum absolute atomic E-state index is 12.4. The lowest BCUT2D eigenvalue weighted by atomic mass is 9.99. The first-order chi connectivity index (χ1) is 14.5. The minimum absolute atomic E-state index is 0.0855. The van der Waals surface area contributed by atoms with Gasteiger partial charge in [-0.15, -0.1) is 0 Å². The molecule has 0 bridgehead atoms. The van der Waals surface area contributed by atoms with Crippen LogP contribution >= 0.6 is 0 Å². The fraction of sp³-hybridized carbons (Fsp3) is 0.208. The highest BCUT2D eigenvalue weighted by Crippen LogP contribution is 2.35. The van der Waals surface area contributed by atoms with E-state index in [1.165, 1.54) is 0 Å². The Morgan fingerprint density at radius 1 is 1.13 bits per heavy atom. The molecule has 0 fully saturated rings. The average molecular weight is 402 g/mol. The van der Waals surface area contributed by atoms with Gasteiger partial charge >= 0.3 is 0 Å². The summed E-state index contributed by atoms with van der Waals surface area (Å²) in [6.45, 7) is 2.00. The van der Waals surface area contributed by atoms with E-state index >= 15 is 0 Å². The zero-order valence-corrected chi connectivity index (χ0v) is 16.6. The molecule has 0 spiro atoms. The number of fused-ring (bicyclic) bond motifs is 1. The third-order valence-electron chi connectivity index (χ3n) is 5.18. The summed E-state index contributed by atoms with van der Waals surface area (Å²) in [4.78, 5) is 27.8. The maximum Gasteiger partial charge on any atom is 0.248 e. The van der Waals surface area contributed by atoms with Crippen LogP contribution in [0.3, 0.4) is 0 Å². The molecule has 30 heavy (non-hydrogen) atoms. The average Bonchev–Trinajstić information content (AvgIpc) is 2.77. The molecule has 6 nitrogen and oxygen atoms in total. The third kappa shape index (κ3) is 4.03. The highest BCUT2D eigenvalue weighted by molar-refractivity contribution is 6.00. The number of benzene rings is 2. The number of amides is 1. The molecule has 0 aliphatic carbocycles. The molecule has 2 aromatic carbocycles. The first kappa shape index (κ1) is 19.6. The number of aromatic nitrogens is 1. The number of hydrogen-bond donors (Lipinski definition) is 1. The van der Waals surface area contributed by atoms with Crippen LogP contribution in [-0.2, 0) is 0 Å². The second kappa shape index (κ2) is 8.37. The topological polar surface area (TPSA) is 91.5 Å². The minimum Gasteiger partial charge on any atom is -0.489 e. The van der Waals surface area contributed by atoms with Crippen LogP contribution in [0.5, 0.6) is 11.5 Å². The Bertz CT molecular complexity index is 1060. The van der Waals surface area contributed by atoms with Gasteiger partial charge in [0, 0.05) is 30.4 Å². The fourth-order valence-corrected chi connectivity index (χ4v) is 3.49. The molecule has 2 heterocycles. The van der Waals surface area contributed by atoms with Gasteiger partial charge in [-0.2, -0.15) is 0 Å². The monoisotopic (exact) mass is 402 g/mol. The van der Waals surface area contributed by atoms with Gasteiger partial charge in [0.2, 0.25) is 5.91 Å². The number of ether oxygens (including phenoxy) is 2. The first-order valence-electron chi connectivity index (χ1n) is 9.85. The van der Waals surface area contributed by atoms with Crippen molar-refractivity contribution in [3.8, 4) is 11.5 Å². The number of pyridine rings is 1. The zero-order valence-electron chi connectivity index (χ0n) is 16.6. The summed E-state index contributed by atoms with van der Waals surface area (Å²) in [6, 6.07) is 16.0. The van der Waals surface area contributed by atoms with Gasteiger partial charge in [0.05, 0.1) is 5.56 Å². The van der Waals surface area contributed by atoms with Gasteiger partial charge in [0.1, 0.15) is 23.7 Å². The molecule has 1 amide bonds. The summed E-state index contributed by atoms with van der Waals surface area (Å²) in [5, 5.41) is 0. The summed E-state index contributed by atoms with van der Waals surface area (Å²) in [5.74, 6) is 0.736. The molecule has 1 aliphatic rings. The smallest absolute Gasteiger partial charge is 0.248 e. The van der Waals surface area contributed by atoms with Crippen molar-refractivity contribution in [2.75, 3.05) is 0 Å². The van der Waals surface area contributed by atoms with Crippen molar-refractivity contribution in [2.24, 2.45) is 5.73 Å². The van der Waals surface area contributed by atoms with Crippen LogP contribution in [0.4, 0.5) is 0 Å². The van der Waals surface area contributed by atoms with Gasteiger partial charge in [-0.1, -0.05) is 19.1 Å². The summed E-state index contributed by atoms with van der Waals surface area (Å²) in [6.07, 6.45) is 4.01. The Labute approximate surface area is 174 Å². The Balaban J connectivity index is 1.67. The van der Waals surface area contributed by atoms with E-state index in [1.807, 2.05) is 31.2 Å². The standard InChI is InChI=1S/C24H22N2O4/c1-2-18-13-21(27)20-8-7-19(14-22(20)29-18)30-23(16-9-11-26-12-10-16)15-3-5-17(6-4-15)24(25)28/h3-12,14,18,23H,2,13H2,1H3,(H2,25,28)/t18-,23+/m1/s1. The summed E-state index contributed by atoms with van der Waals surface area (Å²) < 4.78 is 12.3.